The maximum absolute atomic E-state index is 12.5. The van der Waals surface area contributed by atoms with Crippen molar-refractivity contribution in [2.45, 2.75) is 13.1 Å². The first-order chi connectivity index (χ1) is 9.38. The van der Waals surface area contributed by atoms with Gasteiger partial charge in [0.1, 0.15) is 11.6 Å². The molecule has 0 unspecified atom stereocenters. The molecule has 0 aliphatic heterocycles. The van der Waals surface area contributed by atoms with Crippen LogP contribution in [0.5, 0.6) is 0 Å². The largest absolute Gasteiger partial charge is 0.416 e. The molecule has 0 saturated carbocycles. The van der Waals surface area contributed by atoms with Gasteiger partial charge in [-0.2, -0.15) is 18.4 Å². The lowest BCUT2D eigenvalue weighted by Gasteiger charge is -2.09. The fraction of sp³-hybridized carbons (Fsp3) is 0.231. The van der Waals surface area contributed by atoms with Crippen LogP contribution in [-0.4, -0.2) is 12.5 Å². The van der Waals surface area contributed by atoms with Crippen LogP contribution in [0, 0.1) is 11.3 Å². The van der Waals surface area contributed by atoms with E-state index in [9.17, 15) is 18.0 Å². The number of amides is 1. The van der Waals surface area contributed by atoms with Crippen LogP contribution in [0.4, 0.5) is 18.9 Å². The quantitative estimate of drug-likeness (QED) is 0.659. The van der Waals surface area contributed by atoms with E-state index in [1.807, 2.05) is 0 Å². The number of nitrogens with one attached hydrogen (secondary N) is 2. The second-order valence-corrected chi connectivity index (χ2v) is 3.76. The number of rotatable bonds is 4. The summed E-state index contributed by atoms with van der Waals surface area (Å²) in [6.45, 7) is 2.29. The molecule has 0 bridgehead atoms. The van der Waals surface area contributed by atoms with Crippen molar-refractivity contribution in [3.8, 4) is 6.07 Å². The molecule has 1 amide bonds. The molecule has 0 aromatic heterocycles. The standard InChI is InChI=1S/C13H12F3N3O/c1-2-18-8-9(7-17)12(20)19-11-5-3-4-10(6-11)13(14,15)16/h3-6,8,18H,2H2,1H3,(H,19,20)/b9-8-. The monoisotopic (exact) mass is 283 g/mol. The Balaban J connectivity index is 2.89. The Bertz CT molecular complexity index is 559. The Hall–Kier alpha value is -2.49. The van der Waals surface area contributed by atoms with Crippen LogP contribution in [-0.2, 0) is 11.0 Å². The van der Waals surface area contributed by atoms with Crippen molar-refractivity contribution < 1.29 is 18.0 Å². The lowest BCUT2D eigenvalue weighted by Crippen LogP contribution is -2.17. The predicted molar refractivity (Wildman–Crippen MR) is 67.4 cm³/mol. The summed E-state index contributed by atoms with van der Waals surface area (Å²) in [6.07, 6.45) is -3.28. The summed E-state index contributed by atoms with van der Waals surface area (Å²) >= 11 is 0. The molecular formula is C13H12F3N3O. The number of nitrogens with zero attached hydrogens (tertiary/aromatic N) is 1. The van der Waals surface area contributed by atoms with Gasteiger partial charge in [0.05, 0.1) is 5.56 Å². The van der Waals surface area contributed by atoms with E-state index >= 15 is 0 Å². The van der Waals surface area contributed by atoms with Crippen molar-refractivity contribution in [3.05, 3.63) is 41.6 Å². The number of hydrogen-bond donors (Lipinski definition) is 2. The summed E-state index contributed by atoms with van der Waals surface area (Å²) in [5, 5.41) is 13.7. The number of anilines is 1. The summed E-state index contributed by atoms with van der Waals surface area (Å²) in [5.41, 5.74) is -1.11. The topological polar surface area (TPSA) is 64.9 Å². The summed E-state index contributed by atoms with van der Waals surface area (Å²) in [7, 11) is 0. The van der Waals surface area contributed by atoms with Crippen molar-refractivity contribution in [1.82, 2.24) is 5.32 Å². The third-order valence-corrected chi connectivity index (χ3v) is 2.26. The maximum Gasteiger partial charge on any atom is 0.416 e. The molecular weight excluding hydrogens is 271 g/mol. The van der Waals surface area contributed by atoms with E-state index in [4.69, 9.17) is 5.26 Å². The summed E-state index contributed by atoms with van der Waals surface area (Å²) in [5.74, 6) is -0.771. The third-order valence-electron chi connectivity index (χ3n) is 2.26. The zero-order valence-electron chi connectivity index (χ0n) is 10.6. The van der Waals surface area contributed by atoms with Crippen LogP contribution in [0.2, 0.25) is 0 Å². The van der Waals surface area contributed by atoms with Gasteiger partial charge in [-0.15, -0.1) is 0 Å². The lowest BCUT2D eigenvalue weighted by molar-refractivity contribution is -0.137. The molecule has 0 atom stereocenters. The molecule has 0 radical (unpaired) electrons. The van der Waals surface area contributed by atoms with Crippen molar-refractivity contribution in [2.24, 2.45) is 0 Å². The average molecular weight is 283 g/mol. The smallest absolute Gasteiger partial charge is 0.390 e. The van der Waals surface area contributed by atoms with Crippen LogP contribution in [0.15, 0.2) is 36.0 Å². The maximum atomic E-state index is 12.5. The highest BCUT2D eigenvalue weighted by atomic mass is 19.4. The molecule has 20 heavy (non-hydrogen) atoms. The minimum Gasteiger partial charge on any atom is -0.390 e. The minimum absolute atomic E-state index is 0.0255. The Morgan fingerprint density at radius 1 is 1.45 bits per heavy atom. The molecule has 0 heterocycles. The molecule has 0 aliphatic rings. The first kappa shape index (κ1) is 15.6. The summed E-state index contributed by atoms with van der Waals surface area (Å²) in [4.78, 5) is 11.7. The molecule has 4 nitrogen and oxygen atoms in total. The number of halogens is 3. The van der Waals surface area contributed by atoms with Crippen LogP contribution in [0.1, 0.15) is 12.5 Å². The van der Waals surface area contributed by atoms with E-state index in [2.05, 4.69) is 10.6 Å². The van der Waals surface area contributed by atoms with Gasteiger partial charge in [-0.1, -0.05) is 6.07 Å². The molecule has 0 aliphatic carbocycles. The first-order valence-corrected chi connectivity index (χ1v) is 5.70. The molecule has 0 saturated heterocycles. The number of carbonyl (C=O) groups is 1. The van der Waals surface area contributed by atoms with Crippen molar-refractivity contribution in [2.75, 3.05) is 11.9 Å². The lowest BCUT2D eigenvalue weighted by atomic mass is 10.2. The fourth-order valence-corrected chi connectivity index (χ4v) is 1.32. The van der Waals surface area contributed by atoms with Gasteiger partial charge in [0.25, 0.3) is 5.91 Å². The Labute approximate surface area is 113 Å². The van der Waals surface area contributed by atoms with Gasteiger partial charge in [-0.3, -0.25) is 4.79 Å². The van der Waals surface area contributed by atoms with Crippen LogP contribution in [0.25, 0.3) is 0 Å². The Morgan fingerprint density at radius 2 is 2.15 bits per heavy atom. The van der Waals surface area contributed by atoms with E-state index < -0.39 is 17.6 Å². The highest BCUT2D eigenvalue weighted by molar-refractivity contribution is 6.06. The summed E-state index contributed by atoms with van der Waals surface area (Å²) in [6, 6.07) is 5.86. The molecule has 7 heteroatoms. The van der Waals surface area contributed by atoms with E-state index in [1.54, 1.807) is 13.0 Å². The van der Waals surface area contributed by atoms with Gasteiger partial charge >= 0.3 is 6.18 Å². The average Bonchev–Trinajstić information content (AvgIpc) is 2.39. The third kappa shape index (κ3) is 4.31. The van der Waals surface area contributed by atoms with E-state index in [-0.39, 0.29) is 11.3 Å². The van der Waals surface area contributed by atoms with Crippen molar-refractivity contribution >= 4 is 11.6 Å². The van der Waals surface area contributed by atoms with Gasteiger partial charge in [0.2, 0.25) is 0 Å². The van der Waals surface area contributed by atoms with Gasteiger partial charge in [0.15, 0.2) is 0 Å². The second kappa shape index (κ2) is 6.61. The SMILES string of the molecule is CCN/C=C(/C#N)C(=O)Nc1cccc(C(F)(F)F)c1. The Morgan fingerprint density at radius 3 is 2.70 bits per heavy atom. The minimum atomic E-state index is -4.49. The van der Waals surface area contributed by atoms with Gasteiger partial charge in [-0.25, -0.2) is 0 Å². The van der Waals surface area contributed by atoms with Crippen LogP contribution < -0.4 is 10.6 Å². The molecule has 1 aromatic carbocycles. The van der Waals surface area contributed by atoms with Crippen LogP contribution in [0.3, 0.4) is 0 Å². The Kier molecular flexibility index (Phi) is 5.15. The molecule has 2 N–H and O–H groups in total. The van der Waals surface area contributed by atoms with E-state index in [0.29, 0.717) is 6.54 Å². The molecule has 106 valence electrons. The second-order valence-electron chi connectivity index (χ2n) is 3.76. The predicted octanol–water partition coefficient (Wildman–Crippen LogP) is 2.66. The molecule has 0 fully saturated rings. The number of carbonyl (C=O) groups excluding carboxylic acids is 1. The number of nitriles is 1. The van der Waals surface area contributed by atoms with Gasteiger partial charge in [-0.05, 0) is 25.1 Å². The van der Waals surface area contributed by atoms with Gasteiger partial charge in [0, 0.05) is 18.4 Å². The normalized spacial score (nSPS) is 11.7. The molecule has 1 rings (SSSR count). The van der Waals surface area contributed by atoms with E-state index in [1.165, 1.54) is 18.3 Å². The number of benzene rings is 1. The molecule has 1 aromatic rings. The number of alkyl halides is 3. The van der Waals surface area contributed by atoms with Crippen LogP contribution >= 0.6 is 0 Å². The van der Waals surface area contributed by atoms with Gasteiger partial charge < -0.3 is 10.6 Å². The molecule has 0 spiro atoms. The summed E-state index contributed by atoms with van der Waals surface area (Å²) < 4.78 is 37.5. The number of hydrogen-bond acceptors (Lipinski definition) is 3. The zero-order chi connectivity index (χ0) is 15.2. The zero-order valence-corrected chi connectivity index (χ0v) is 10.6. The fourth-order valence-electron chi connectivity index (χ4n) is 1.32. The van der Waals surface area contributed by atoms with Crippen molar-refractivity contribution in [1.29, 1.82) is 5.26 Å². The van der Waals surface area contributed by atoms with E-state index in [0.717, 1.165) is 12.1 Å². The highest BCUT2D eigenvalue weighted by Gasteiger charge is 2.30. The highest BCUT2D eigenvalue weighted by Crippen LogP contribution is 2.30. The first-order valence-electron chi connectivity index (χ1n) is 5.70. The van der Waals surface area contributed by atoms with Crippen molar-refractivity contribution in [3.63, 3.8) is 0 Å².